The summed E-state index contributed by atoms with van der Waals surface area (Å²) in [4.78, 5) is 23.4. The van der Waals surface area contributed by atoms with Gasteiger partial charge in [0, 0.05) is 0 Å². The summed E-state index contributed by atoms with van der Waals surface area (Å²) >= 11 is 4.90. The van der Waals surface area contributed by atoms with Crippen molar-refractivity contribution in [3.05, 3.63) is 53.5 Å². The molecule has 1 aromatic carbocycles. The Morgan fingerprint density at radius 1 is 1.17 bits per heavy atom. The second kappa shape index (κ2) is 8.11. The Bertz CT molecular complexity index is 744. The fourth-order valence-corrected chi connectivity index (χ4v) is 1.93. The van der Waals surface area contributed by atoms with E-state index in [1.54, 1.807) is 12.1 Å². The topological polar surface area (TPSA) is 92.6 Å². The summed E-state index contributed by atoms with van der Waals surface area (Å²) in [5, 5.41) is 2.30. The van der Waals surface area contributed by atoms with Gasteiger partial charge >= 0.3 is 0 Å². The summed E-state index contributed by atoms with van der Waals surface area (Å²) in [6.07, 6.45) is 1.37. The number of aryl methyl sites for hydroxylation is 1. The van der Waals surface area contributed by atoms with E-state index in [0.29, 0.717) is 5.75 Å². The second-order valence-electron chi connectivity index (χ2n) is 4.92. The molecule has 7 nitrogen and oxygen atoms in total. The van der Waals surface area contributed by atoms with Gasteiger partial charge in [-0.2, -0.15) is 0 Å². The fourth-order valence-electron chi connectivity index (χ4n) is 1.79. The molecular weight excluding hydrogens is 330 g/mol. The van der Waals surface area contributed by atoms with Crippen molar-refractivity contribution in [2.45, 2.75) is 13.8 Å². The van der Waals surface area contributed by atoms with Crippen molar-refractivity contribution in [2.24, 2.45) is 0 Å². The van der Waals surface area contributed by atoms with Gasteiger partial charge in [0.2, 0.25) is 0 Å². The normalized spacial score (nSPS) is 9.92. The molecule has 0 unspecified atom stereocenters. The van der Waals surface area contributed by atoms with Crippen LogP contribution in [0.1, 0.15) is 21.7 Å². The van der Waals surface area contributed by atoms with Crippen LogP contribution in [0.2, 0.25) is 0 Å². The molecule has 2 amide bonds. The number of ether oxygens (including phenoxy) is 1. The molecule has 126 valence electrons. The Balaban J connectivity index is 1.74. The summed E-state index contributed by atoms with van der Waals surface area (Å²) in [6, 6.07) is 8.68. The van der Waals surface area contributed by atoms with Gasteiger partial charge in [0.05, 0.1) is 6.26 Å². The van der Waals surface area contributed by atoms with Gasteiger partial charge in [-0.1, -0.05) is 12.1 Å². The van der Waals surface area contributed by atoms with E-state index in [-0.39, 0.29) is 17.5 Å². The van der Waals surface area contributed by atoms with E-state index in [1.165, 1.54) is 12.3 Å². The number of hydrogen-bond acceptors (Lipinski definition) is 5. The van der Waals surface area contributed by atoms with Gasteiger partial charge < -0.3 is 9.15 Å². The first kappa shape index (κ1) is 17.5. The Morgan fingerprint density at radius 2 is 1.96 bits per heavy atom. The highest BCUT2D eigenvalue weighted by molar-refractivity contribution is 7.80. The van der Waals surface area contributed by atoms with Crippen LogP contribution in [0.3, 0.4) is 0 Å². The maximum atomic E-state index is 11.7. The number of furan rings is 1. The van der Waals surface area contributed by atoms with Crippen molar-refractivity contribution in [1.82, 2.24) is 16.2 Å². The van der Waals surface area contributed by atoms with Crippen molar-refractivity contribution in [1.29, 1.82) is 0 Å². The average molecular weight is 347 g/mol. The molecule has 0 saturated heterocycles. The predicted molar refractivity (Wildman–Crippen MR) is 91.5 cm³/mol. The number of hydrogen-bond donors (Lipinski definition) is 3. The minimum atomic E-state index is -0.515. The molecule has 3 N–H and O–H groups in total. The fraction of sp³-hybridized carbons (Fsp3) is 0.188. The van der Waals surface area contributed by atoms with Crippen molar-refractivity contribution in [2.75, 3.05) is 6.61 Å². The van der Waals surface area contributed by atoms with E-state index in [1.807, 2.05) is 26.0 Å². The summed E-state index contributed by atoms with van der Waals surface area (Å²) in [7, 11) is 0. The predicted octanol–water partition coefficient (Wildman–Crippen LogP) is 1.61. The first-order chi connectivity index (χ1) is 11.5. The monoisotopic (exact) mass is 347 g/mol. The molecule has 0 aliphatic rings. The van der Waals surface area contributed by atoms with E-state index >= 15 is 0 Å². The Labute approximate surface area is 144 Å². The summed E-state index contributed by atoms with van der Waals surface area (Å²) in [6.45, 7) is 3.69. The smallest absolute Gasteiger partial charge is 0.293 e. The van der Waals surface area contributed by atoms with E-state index in [2.05, 4.69) is 16.2 Å². The number of rotatable bonds is 4. The van der Waals surface area contributed by atoms with E-state index in [9.17, 15) is 9.59 Å². The minimum absolute atomic E-state index is 0.0588. The molecule has 0 saturated carbocycles. The van der Waals surface area contributed by atoms with Crippen molar-refractivity contribution >= 4 is 29.1 Å². The van der Waals surface area contributed by atoms with E-state index in [0.717, 1.165) is 11.1 Å². The summed E-state index contributed by atoms with van der Waals surface area (Å²) in [5.41, 5.74) is 6.80. The molecule has 0 fully saturated rings. The molecule has 2 rings (SSSR count). The summed E-state index contributed by atoms with van der Waals surface area (Å²) < 4.78 is 10.4. The molecule has 24 heavy (non-hydrogen) atoms. The molecule has 0 radical (unpaired) electrons. The van der Waals surface area contributed by atoms with E-state index < -0.39 is 11.8 Å². The molecule has 0 aliphatic carbocycles. The summed E-state index contributed by atoms with van der Waals surface area (Å²) in [5.74, 6) is -0.202. The average Bonchev–Trinajstić information content (AvgIpc) is 3.09. The van der Waals surface area contributed by atoms with Gasteiger partial charge in [0.25, 0.3) is 11.8 Å². The second-order valence-corrected chi connectivity index (χ2v) is 5.33. The number of carbonyl (C=O) groups excluding carboxylic acids is 2. The molecule has 1 heterocycles. The Kier molecular flexibility index (Phi) is 5.91. The highest BCUT2D eigenvalue weighted by Crippen LogP contribution is 2.20. The van der Waals surface area contributed by atoms with Gasteiger partial charge in [-0.05, 0) is 55.4 Å². The number of nitrogens with one attached hydrogen (secondary N) is 3. The van der Waals surface area contributed by atoms with E-state index in [4.69, 9.17) is 21.4 Å². The molecule has 0 atom stereocenters. The van der Waals surface area contributed by atoms with Crippen LogP contribution in [-0.4, -0.2) is 23.5 Å². The third kappa shape index (κ3) is 4.82. The lowest BCUT2D eigenvalue weighted by atomic mass is 10.1. The lowest BCUT2D eigenvalue weighted by molar-refractivity contribution is -0.123. The van der Waals surface area contributed by atoms with Crippen LogP contribution in [-0.2, 0) is 4.79 Å². The maximum absolute atomic E-state index is 11.7. The number of amides is 2. The lowest BCUT2D eigenvalue weighted by Gasteiger charge is -2.12. The van der Waals surface area contributed by atoms with Crippen LogP contribution >= 0.6 is 12.2 Å². The molecule has 8 heteroatoms. The third-order valence-electron chi connectivity index (χ3n) is 3.20. The SMILES string of the molecule is Cc1cccc(OCC(=O)NNC(=S)NC(=O)c2ccco2)c1C. The maximum Gasteiger partial charge on any atom is 0.293 e. The van der Waals surface area contributed by atoms with Crippen molar-refractivity contribution in [3.63, 3.8) is 0 Å². The Morgan fingerprint density at radius 3 is 2.67 bits per heavy atom. The minimum Gasteiger partial charge on any atom is -0.483 e. The zero-order valence-electron chi connectivity index (χ0n) is 13.2. The highest BCUT2D eigenvalue weighted by Gasteiger charge is 2.11. The lowest BCUT2D eigenvalue weighted by Crippen LogP contribution is -2.49. The molecule has 0 spiro atoms. The van der Waals surface area contributed by atoms with Crippen LogP contribution in [0.15, 0.2) is 41.0 Å². The highest BCUT2D eigenvalue weighted by atomic mass is 32.1. The van der Waals surface area contributed by atoms with Gasteiger partial charge in [0.15, 0.2) is 17.5 Å². The van der Waals surface area contributed by atoms with Crippen LogP contribution in [0.25, 0.3) is 0 Å². The van der Waals surface area contributed by atoms with Crippen LogP contribution in [0.4, 0.5) is 0 Å². The molecule has 0 aliphatic heterocycles. The quantitative estimate of drug-likeness (QED) is 0.575. The molecular formula is C16H17N3O4S. The number of benzene rings is 1. The zero-order valence-corrected chi connectivity index (χ0v) is 14.0. The number of thiocarbonyl (C=S) groups is 1. The van der Waals surface area contributed by atoms with Gasteiger partial charge in [-0.15, -0.1) is 0 Å². The van der Waals surface area contributed by atoms with Gasteiger partial charge in [-0.3, -0.25) is 25.8 Å². The number of carbonyl (C=O) groups is 2. The number of hydrazine groups is 1. The van der Waals surface area contributed by atoms with Crippen LogP contribution < -0.4 is 20.9 Å². The Hall–Kier alpha value is -2.87. The molecule has 2 aromatic rings. The molecule has 1 aromatic heterocycles. The largest absolute Gasteiger partial charge is 0.483 e. The van der Waals surface area contributed by atoms with Crippen LogP contribution in [0.5, 0.6) is 5.75 Å². The first-order valence-corrected chi connectivity index (χ1v) is 7.51. The van der Waals surface area contributed by atoms with Crippen LogP contribution in [0, 0.1) is 13.8 Å². The van der Waals surface area contributed by atoms with Crippen molar-refractivity contribution in [3.8, 4) is 5.75 Å². The van der Waals surface area contributed by atoms with Gasteiger partial charge in [0.1, 0.15) is 5.75 Å². The first-order valence-electron chi connectivity index (χ1n) is 7.10. The zero-order chi connectivity index (χ0) is 17.5. The van der Waals surface area contributed by atoms with Gasteiger partial charge in [-0.25, -0.2) is 0 Å². The van der Waals surface area contributed by atoms with Crippen molar-refractivity contribution < 1.29 is 18.7 Å². The third-order valence-corrected chi connectivity index (χ3v) is 3.41. The standard InChI is InChI=1S/C16H17N3O4S/c1-10-5-3-6-12(11(10)2)23-9-14(20)18-19-16(24)17-15(21)13-7-4-8-22-13/h3-8H,9H2,1-2H3,(H,18,20)(H2,17,19,21,24). The molecule has 0 bridgehead atoms.